The average Bonchev–Trinajstić information content (AvgIpc) is 2.83. The molecule has 6 heteroatoms. The molecule has 1 N–H and O–H groups in total. The van der Waals surface area contributed by atoms with Gasteiger partial charge in [-0.25, -0.2) is 0 Å². The fraction of sp³-hybridized carbons (Fsp3) is 0.444. The highest BCUT2D eigenvalue weighted by Gasteiger charge is 2.12. The Labute approximate surface area is 146 Å². The Morgan fingerprint density at radius 1 is 1.33 bits per heavy atom. The summed E-state index contributed by atoms with van der Waals surface area (Å²) in [7, 11) is 0. The minimum absolute atomic E-state index is 0.0214. The average molecular weight is 348 g/mol. The van der Waals surface area contributed by atoms with Crippen LogP contribution in [0, 0.1) is 6.92 Å². The zero-order valence-corrected chi connectivity index (χ0v) is 15.4. The SMILES string of the molecule is Cc1csc(=O)n1CCC(=O)N[C@@H](C)c1cccc(OC(C)C)c1. The van der Waals surface area contributed by atoms with Gasteiger partial charge in [0.2, 0.25) is 5.91 Å². The number of rotatable bonds is 7. The number of carbonyl (C=O) groups is 1. The lowest BCUT2D eigenvalue weighted by molar-refractivity contribution is -0.121. The van der Waals surface area contributed by atoms with Crippen molar-refractivity contribution in [1.29, 1.82) is 0 Å². The van der Waals surface area contributed by atoms with E-state index in [1.165, 1.54) is 0 Å². The first-order chi connectivity index (χ1) is 11.4. The Hall–Kier alpha value is -2.08. The summed E-state index contributed by atoms with van der Waals surface area (Å²) in [6.45, 7) is 8.18. The Kier molecular flexibility index (Phi) is 6.20. The second kappa shape index (κ2) is 8.15. The molecule has 2 aromatic rings. The molecule has 24 heavy (non-hydrogen) atoms. The van der Waals surface area contributed by atoms with Crippen molar-refractivity contribution >= 4 is 17.2 Å². The number of nitrogens with zero attached hydrogens (tertiary/aromatic N) is 1. The van der Waals surface area contributed by atoms with Crippen molar-refractivity contribution in [1.82, 2.24) is 9.88 Å². The minimum atomic E-state index is -0.117. The second-order valence-corrected chi connectivity index (χ2v) is 6.89. The molecule has 0 radical (unpaired) electrons. The van der Waals surface area contributed by atoms with Gasteiger partial charge in [0.25, 0.3) is 0 Å². The van der Waals surface area contributed by atoms with Gasteiger partial charge in [-0.15, -0.1) is 0 Å². The minimum Gasteiger partial charge on any atom is -0.491 e. The molecule has 1 amide bonds. The maximum absolute atomic E-state index is 12.2. The van der Waals surface area contributed by atoms with Gasteiger partial charge in [-0.3, -0.25) is 9.59 Å². The summed E-state index contributed by atoms with van der Waals surface area (Å²) in [5, 5.41) is 4.78. The molecule has 1 aromatic heterocycles. The molecule has 0 unspecified atom stereocenters. The van der Waals surface area contributed by atoms with Gasteiger partial charge in [0.1, 0.15) is 5.75 Å². The van der Waals surface area contributed by atoms with Crippen LogP contribution in [0.15, 0.2) is 34.4 Å². The van der Waals surface area contributed by atoms with Crippen molar-refractivity contribution in [2.45, 2.75) is 52.8 Å². The molecule has 1 heterocycles. The van der Waals surface area contributed by atoms with Gasteiger partial charge in [0.15, 0.2) is 0 Å². The first kappa shape index (κ1) is 18.3. The molecule has 0 aliphatic carbocycles. The van der Waals surface area contributed by atoms with Crippen LogP contribution in [0.5, 0.6) is 5.75 Å². The highest BCUT2D eigenvalue weighted by molar-refractivity contribution is 7.07. The number of carbonyl (C=O) groups excluding carboxylic acids is 1. The maximum Gasteiger partial charge on any atom is 0.307 e. The van der Waals surface area contributed by atoms with Gasteiger partial charge in [-0.1, -0.05) is 23.5 Å². The quantitative estimate of drug-likeness (QED) is 0.835. The molecule has 0 saturated carbocycles. The standard InChI is InChI=1S/C18H24N2O3S/c1-12(2)23-16-7-5-6-15(10-16)14(4)19-17(21)8-9-20-13(3)11-24-18(20)22/h5-7,10-12,14H,8-9H2,1-4H3,(H,19,21)/t14-/m0/s1. The highest BCUT2D eigenvalue weighted by Crippen LogP contribution is 2.20. The van der Waals surface area contributed by atoms with E-state index in [1.807, 2.05) is 57.3 Å². The van der Waals surface area contributed by atoms with Crippen molar-refractivity contribution in [3.63, 3.8) is 0 Å². The number of hydrogen-bond acceptors (Lipinski definition) is 4. The number of thiazole rings is 1. The third-order valence-electron chi connectivity index (χ3n) is 3.65. The highest BCUT2D eigenvalue weighted by atomic mass is 32.1. The van der Waals surface area contributed by atoms with E-state index in [1.54, 1.807) is 4.57 Å². The van der Waals surface area contributed by atoms with Gasteiger partial charge in [-0.05, 0) is 45.4 Å². The van der Waals surface area contributed by atoms with Crippen molar-refractivity contribution < 1.29 is 9.53 Å². The van der Waals surface area contributed by atoms with Crippen molar-refractivity contribution in [2.24, 2.45) is 0 Å². The summed E-state index contributed by atoms with van der Waals surface area (Å²) < 4.78 is 7.31. The predicted octanol–water partition coefficient (Wildman–Crippen LogP) is 3.27. The fourth-order valence-corrected chi connectivity index (χ4v) is 3.18. The van der Waals surface area contributed by atoms with E-state index in [2.05, 4.69) is 5.32 Å². The zero-order chi connectivity index (χ0) is 17.7. The zero-order valence-electron chi connectivity index (χ0n) is 14.5. The van der Waals surface area contributed by atoms with Gasteiger partial charge >= 0.3 is 4.87 Å². The summed E-state index contributed by atoms with van der Waals surface area (Å²) in [4.78, 5) is 23.8. The van der Waals surface area contributed by atoms with Crippen LogP contribution < -0.4 is 14.9 Å². The van der Waals surface area contributed by atoms with Crippen molar-refractivity contribution in [3.05, 3.63) is 50.6 Å². The van der Waals surface area contributed by atoms with Crippen LogP contribution in [0.3, 0.4) is 0 Å². The molecular weight excluding hydrogens is 324 g/mol. The lowest BCUT2D eigenvalue weighted by Crippen LogP contribution is -2.28. The van der Waals surface area contributed by atoms with E-state index in [0.29, 0.717) is 6.54 Å². The molecule has 0 fully saturated rings. The number of amides is 1. The molecule has 0 spiro atoms. The van der Waals surface area contributed by atoms with Crippen LogP contribution in [0.2, 0.25) is 0 Å². The smallest absolute Gasteiger partial charge is 0.307 e. The van der Waals surface area contributed by atoms with Crippen molar-refractivity contribution in [2.75, 3.05) is 0 Å². The molecule has 0 saturated heterocycles. The predicted molar refractivity (Wildman–Crippen MR) is 96.7 cm³/mol. The van der Waals surface area contributed by atoms with Gasteiger partial charge in [-0.2, -0.15) is 0 Å². The molecule has 1 aromatic carbocycles. The fourth-order valence-electron chi connectivity index (χ4n) is 2.41. The Morgan fingerprint density at radius 3 is 2.71 bits per heavy atom. The summed E-state index contributed by atoms with van der Waals surface area (Å²) in [6.07, 6.45) is 0.390. The van der Waals surface area contributed by atoms with E-state index >= 15 is 0 Å². The number of hydrogen-bond donors (Lipinski definition) is 1. The Morgan fingerprint density at radius 2 is 2.08 bits per heavy atom. The Bertz CT molecular complexity index is 749. The largest absolute Gasteiger partial charge is 0.491 e. The van der Waals surface area contributed by atoms with E-state index in [4.69, 9.17) is 4.74 Å². The lowest BCUT2D eigenvalue weighted by atomic mass is 10.1. The van der Waals surface area contributed by atoms with Gasteiger partial charge in [0, 0.05) is 24.0 Å². The molecule has 0 aliphatic rings. The number of ether oxygens (including phenoxy) is 1. The van der Waals surface area contributed by atoms with Gasteiger partial charge < -0.3 is 14.6 Å². The molecule has 0 aliphatic heterocycles. The van der Waals surface area contributed by atoms with Crippen LogP contribution in [0.4, 0.5) is 0 Å². The summed E-state index contributed by atoms with van der Waals surface area (Å²) >= 11 is 1.16. The number of nitrogens with one attached hydrogen (secondary N) is 1. The van der Waals surface area contributed by atoms with Crippen LogP contribution in [0.25, 0.3) is 0 Å². The summed E-state index contributed by atoms with van der Waals surface area (Å²) in [5.74, 6) is 0.722. The van der Waals surface area contributed by atoms with E-state index in [9.17, 15) is 9.59 Å². The molecule has 1 atom stereocenters. The molecule has 0 bridgehead atoms. The monoisotopic (exact) mass is 348 g/mol. The topological polar surface area (TPSA) is 60.3 Å². The molecular formula is C18H24N2O3S. The number of aryl methyl sites for hydroxylation is 1. The van der Waals surface area contributed by atoms with E-state index < -0.39 is 0 Å². The number of benzene rings is 1. The summed E-state index contributed by atoms with van der Waals surface area (Å²) in [6, 6.07) is 7.62. The molecule has 2 rings (SSSR count). The summed E-state index contributed by atoms with van der Waals surface area (Å²) in [5.41, 5.74) is 1.88. The molecule has 130 valence electrons. The normalized spacial score (nSPS) is 12.2. The number of aromatic nitrogens is 1. The lowest BCUT2D eigenvalue weighted by Gasteiger charge is -2.17. The maximum atomic E-state index is 12.2. The first-order valence-electron chi connectivity index (χ1n) is 8.07. The molecule has 5 nitrogen and oxygen atoms in total. The van der Waals surface area contributed by atoms with Crippen molar-refractivity contribution in [3.8, 4) is 5.75 Å². The van der Waals surface area contributed by atoms with Crippen LogP contribution in [-0.4, -0.2) is 16.6 Å². The van der Waals surface area contributed by atoms with Gasteiger partial charge in [0.05, 0.1) is 12.1 Å². The first-order valence-corrected chi connectivity index (χ1v) is 8.95. The van der Waals surface area contributed by atoms with Crippen LogP contribution in [-0.2, 0) is 11.3 Å². The Balaban J connectivity index is 1.93. The van der Waals surface area contributed by atoms with Crippen LogP contribution >= 0.6 is 11.3 Å². The third-order valence-corrected chi connectivity index (χ3v) is 4.53. The second-order valence-electron chi connectivity index (χ2n) is 6.07. The van der Waals surface area contributed by atoms with Crippen LogP contribution in [0.1, 0.15) is 44.5 Å². The van der Waals surface area contributed by atoms with E-state index in [0.717, 1.165) is 28.3 Å². The third kappa shape index (κ3) is 4.96. The van der Waals surface area contributed by atoms with E-state index in [-0.39, 0.29) is 29.3 Å².